The molecule has 4 heterocycles. The van der Waals surface area contributed by atoms with E-state index < -0.39 is 64.3 Å². The summed E-state index contributed by atoms with van der Waals surface area (Å²) >= 11 is 6.59. The molecule has 7 rings (SSSR count). The maximum absolute atomic E-state index is 16.6. The van der Waals surface area contributed by atoms with Crippen molar-refractivity contribution in [2.45, 2.75) is 64.5 Å². The van der Waals surface area contributed by atoms with E-state index in [2.05, 4.69) is 20.6 Å². The van der Waals surface area contributed by atoms with E-state index in [1.54, 1.807) is 50.9 Å². The van der Waals surface area contributed by atoms with Gasteiger partial charge in [-0.2, -0.15) is 4.98 Å². The van der Waals surface area contributed by atoms with Gasteiger partial charge in [0.1, 0.15) is 34.5 Å². The fourth-order valence-corrected chi connectivity index (χ4v) is 8.48. The number of hydrogen-bond donors (Lipinski definition) is 3. The number of hydrogen-bond acceptors (Lipinski definition) is 14. The van der Waals surface area contributed by atoms with Crippen molar-refractivity contribution >= 4 is 69.9 Å². The van der Waals surface area contributed by atoms with Gasteiger partial charge in [0.25, 0.3) is 11.8 Å². The lowest BCUT2D eigenvalue weighted by Gasteiger charge is -2.36. The van der Waals surface area contributed by atoms with E-state index in [0.717, 1.165) is 11.0 Å². The topological polar surface area (TPSA) is 213 Å². The van der Waals surface area contributed by atoms with Gasteiger partial charge in [0, 0.05) is 76.7 Å². The molecule has 2 saturated heterocycles. The highest BCUT2D eigenvalue weighted by Gasteiger charge is 2.45. The number of nitrogens with one attached hydrogen (secondary N) is 2. The zero-order valence-electron chi connectivity index (χ0n) is 38.2. The third-order valence-electron chi connectivity index (χ3n) is 11.6. The van der Waals surface area contributed by atoms with Crippen LogP contribution in [0.25, 0.3) is 22.0 Å². The van der Waals surface area contributed by atoms with Crippen LogP contribution in [0.4, 0.5) is 25.3 Å². The number of ether oxygens (including phenoxy) is 3. The van der Waals surface area contributed by atoms with Crippen molar-refractivity contribution < 1.29 is 56.9 Å². The number of aryl methyl sites for hydroxylation is 1. The molecule has 362 valence electrons. The van der Waals surface area contributed by atoms with Gasteiger partial charge in [-0.05, 0) is 69.9 Å². The number of aromatic nitrogens is 2. The maximum atomic E-state index is 16.6. The molecule has 0 aliphatic carbocycles. The Hall–Kier alpha value is -6.51. The molecule has 2 fully saturated rings. The minimum absolute atomic E-state index is 0.0153. The lowest BCUT2D eigenvalue weighted by Crippen LogP contribution is -2.54. The van der Waals surface area contributed by atoms with Crippen molar-refractivity contribution in [3.8, 4) is 16.9 Å². The maximum Gasteiger partial charge on any atom is 0.410 e. The number of halogens is 3. The van der Waals surface area contributed by atoms with Gasteiger partial charge in [-0.1, -0.05) is 29.8 Å². The molecule has 1 aromatic heterocycles. The summed E-state index contributed by atoms with van der Waals surface area (Å²) < 4.78 is 48.5. The van der Waals surface area contributed by atoms with Gasteiger partial charge in [-0.3, -0.25) is 34.2 Å². The van der Waals surface area contributed by atoms with E-state index in [4.69, 9.17) is 25.8 Å². The molecule has 3 aliphatic rings. The summed E-state index contributed by atoms with van der Waals surface area (Å²) in [4.78, 5) is 91.3. The SMILES string of the molecule is CN(CCOCCOCCCc1cccc2c1C(=O)N(C1CCC(=O)NC1=O)C2=O)C(=O)CCNc1nc(N2CCN(C(=O)OC(C)(C)C)CC2)c2cc(Cl)c(-c3c(O)cccc3F)c(F)c2n1. The van der Waals surface area contributed by atoms with Crippen LogP contribution in [0.15, 0.2) is 42.5 Å². The number of piperidine rings is 1. The number of phenols is 1. The Morgan fingerprint density at radius 2 is 1.66 bits per heavy atom. The Morgan fingerprint density at radius 3 is 2.37 bits per heavy atom. The van der Waals surface area contributed by atoms with Gasteiger partial charge < -0.3 is 39.3 Å². The second-order valence-electron chi connectivity index (χ2n) is 17.5. The molecule has 68 heavy (non-hydrogen) atoms. The molecule has 3 aliphatic heterocycles. The van der Waals surface area contributed by atoms with Gasteiger partial charge in [0.15, 0.2) is 5.82 Å². The first-order valence-corrected chi connectivity index (χ1v) is 22.7. The lowest BCUT2D eigenvalue weighted by molar-refractivity contribution is -0.136. The third kappa shape index (κ3) is 11.1. The van der Waals surface area contributed by atoms with Gasteiger partial charge in [0.05, 0.1) is 41.5 Å². The van der Waals surface area contributed by atoms with E-state index in [1.807, 2.05) is 4.90 Å². The summed E-state index contributed by atoms with van der Waals surface area (Å²) in [6.07, 6.45) is 0.661. The first-order chi connectivity index (χ1) is 32.4. The molecule has 1 unspecified atom stereocenters. The number of rotatable bonds is 17. The number of amides is 6. The molecule has 0 bridgehead atoms. The summed E-state index contributed by atoms with van der Waals surface area (Å²) in [6.45, 7) is 7.96. The second-order valence-corrected chi connectivity index (χ2v) is 17.9. The Kier molecular flexibility index (Phi) is 15.4. The number of likely N-dealkylation sites (N-methyl/N-ethyl adjacent to an activating group) is 1. The monoisotopic (exact) mass is 962 g/mol. The Bertz CT molecular complexity index is 2600. The summed E-state index contributed by atoms with van der Waals surface area (Å²) in [5, 5.41) is 15.8. The highest BCUT2D eigenvalue weighted by atomic mass is 35.5. The molecule has 18 nitrogen and oxygen atoms in total. The largest absolute Gasteiger partial charge is 0.507 e. The van der Waals surface area contributed by atoms with Crippen molar-refractivity contribution in [3.63, 3.8) is 0 Å². The predicted molar refractivity (Wildman–Crippen MR) is 245 cm³/mol. The van der Waals surface area contributed by atoms with Gasteiger partial charge in [0.2, 0.25) is 23.7 Å². The Balaban J connectivity index is 0.885. The summed E-state index contributed by atoms with van der Waals surface area (Å²) in [7, 11) is 1.63. The number of nitrogens with zero attached hydrogens (tertiary/aromatic N) is 6. The van der Waals surface area contributed by atoms with Crippen LogP contribution in [0.1, 0.15) is 72.7 Å². The second kappa shape index (κ2) is 21.2. The van der Waals surface area contributed by atoms with Crippen LogP contribution in [-0.4, -0.2) is 150 Å². The highest BCUT2D eigenvalue weighted by Crippen LogP contribution is 2.43. The minimum Gasteiger partial charge on any atom is -0.507 e. The number of anilines is 2. The molecule has 3 aromatic carbocycles. The molecule has 1 atom stereocenters. The number of carbonyl (C=O) groups excluding carboxylic acids is 6. The number of imide groups is 2. The van der Waals surface area contributed by atoms with Crippen molar-refractivity contribution in [1.82, 2.24) is 30.0 Å². The molecule has 0 spiro atoms. The smallest absolute Gasteiger partial charge is 0.410 e. The molecule has 0 radical (unpaired) electrons. The number of aromatic hydroxyl groups is 1. The lowest BCUT2D eigenvalue weighted by atomic mass is 9.99. The quantitative estimate of drug-likeness (QED) is 0.0904. The number of piperazine rings is 1. The number of benzene rings is 3. The summed E-state index contributed by atoms with van der Waals surface area (Å²) in [5.41, 5.74) is -0.529. The average molecular weight is 963 g/mol. The van der Waals surface area contributed by atoms with E-state index in [1.165, 1.54) is 23.1 Å². The standard InChI is InChI=1S/C47H53ClF2N8O10/c1-47(2,3)68-46(65)57-19-17-56(18-20-57)41-29-26-30(48)37(38-31(49)11-6-12-33(38)59)39(50)40(29)53-45(54-41)51-16-15-35(61)55(4)21-23-67-25-24-66-22-7-9-27-8-5-10-28-36(27)44(64)58(43(28)63)32-13-14-34(60)52-42(32)62/h5-6,8,10-12,26,32,59H,7,9,13-25H2,1-4H3,(H,51,53,54)(H,52,60,62). The van der Waals surface area contributed by atoms with Crippen LogP contribution in [0.2, 0.25) is 5.02 Å². The molecular weight excluding hydrogens is 910 g/mol. The average Bonchev–Trinajstić information content (AvgIpc) is 3.54. The molecule has 21 heteroatoms. The van der Waals surface area contributed by atoms with E-state index in [9.17, 15) is 33.9 Å². The fourth-order valence-electron chi connectivity index (χ4n) is 8.19. The van der Waals surface area contributed by atoms with Crippen molar-refractivity contribution in [1.29, 1.82) is 0 Å². The number of carbonyl (C=O) groups is 6. The van der Waals surface area contributed by atoms with Crippen LogP contribution < -0.4 is 15.5 Å². The number of fused-ring (bicyclic) bond motifs is 2. The zero-order chi connectivity index (χ0) is 48.9. The molecule has 0 saturated carbocycles. The van der Waals surface area contributed by atoms with Gasteiger partial charge in [-0.15, -0.1) is 0 Å². The van der Waals surface area contributed by atoms with Crippen LogP contribution >= 0.6 is 11.6 Å². The van der Waals surface area contributed by atoms with Crippen molar-refractivity contribution in [3.05, 3.63) is 75.8 Å². The van der Waals surface area contributed by atoms with Gasteiger partial charge >= 0.3 is 6.09 Å². The summed E-state index contributed by atoms with van der Waals surface area (Å²) in [6, 6.07) is 8.97. The minimum atomic E-state index is -1.04. The highest BCUT2D eigenvalue weighted by molar-refractivity contribution is 6.34. The normalized spacial score (nSPS) is 16.3. The van der Waals surface area contributed by atoms with E-state index in [-0.39, 0.29) is 110 Å². The Labute approximate surface area is 395 Å². The Morgan fingerprint density at radius 1 is 0.941 bits per heavy atom. The summed E-state index contributed by atoms with van der Waals surface area (Å²) in [5.74, 6) is -4.54. The first kappa shape index (κ1) is 49.4. The molecule has 3 N–H and O–H groups in total. The first-order valence-electron chi connectivity index (χ1n) is 22.3. The fraction of sp³-hybridized carbons (Fsp3) is 0.447. The molecule has 6 amide bonds. The van der Waals surface area contributed by atoms with Crippen LogP contribution in [0.3, 0.4) is 0 Å². The van der Waals surface area contributed by atoms with E-state index in [0.29, 0.717) is 43.9 Å². The molecular formula is C47H53ClF2N8O10. The van der Waals surface area contributed by atoms with Crippen molar-refractivity contribution in [2.75, 3.05) is 83.0 Å². The third-order valence-corrected chi connectivity index (χ3v) is 11.9. The van der Waals surface area contributed by atoms with Crippen LogP contribution in [0.5, 0.6) is 5.75 Å². The zero-order valence-corrected chi connectivity index (χ0v) is 38.9. The van der Waals surface area contributed by atoms with E-state index >= 15 is 8.78 Å². The number of phenolic OH excluding ortho intramolecular Hbond substituents is 1. The van der Waals surface area contributed by atoms with Crippen molar-refractivity contribution in [2.24, 2.45) is 0 Å². The predicted octanol–water partition coefficient (Wildman–Crippen LogP) is 5.32. The van der Waals surface area contributed by atoms with Crippen LogP contribution in [0, 0.1) is 11.6 Å². The molecule has 4 aromatic rings. The van der Waals surface area contributed by atoms with Gasteiger partial charge in [-0.25, -0.2) is 18.6 Å². The van der Waals surface area contributed by atoms with Crippen LogP contribution in [-0.2, 0) is 35.0 Å².